The molecule has 0 aliphatic carbocycles. The highest BCUT2D eigenvalue weighted by Gasteiger charge is 1.99. The number of rotatable bonds is 1. The summed E-state index contributed by atoms with van der Waals surface area (Å²) < 4.78 is 4.59. The maximum atomic E-state index is 10.4. The third-order valence-electron chi connectivity index (χ3n) is 0.633. The van der Waals surface area contributed by atoms with Gasteiger partial charge in [-0.1, -0.05) is 13.8 Å². The smallest absolute Gasteiger partial charge is 0.409 e. The van der Waals surface area contributed by atoms with Crippen molar-refractivity contribution in [3.63, 3.8) is 0 Å². The molecule has 0 heterocycles. The Morgan fingerprint density at radius 1 is 1.40 bits per heavy atom. The number of hydrogen-bond acceptors (Lipinski definition) is 2. The van der Waals surface area contributed by atoms with Crippen LogP contribution in [0.1, 0.15) is 20.8 Å². The van der Waals surface area contributed by atoms with E-state index in [1.54, 1.807) is 21.0 Å². The van der Waals surface area contributed by atoms with Crippen molar-refractivity contribution < 1.29 is 9.53 Å². The van der Waals surface area contributed by atoms with Gasteiger partial charge in [-0.05, 0) is 6.92 Å². The highest BCUT2D eigenvalue weighted by atomic mass is 16.5. The van der Waals surface area contributed by atoms with Gasteiger partial charge >= 0.3 is 6.09 Å². The second-order valence-corrected chi connectivity index (χ2v) is 1.59. The van der Waals surface area contributed by atoms with E-state index < -0.39 is 0 Å². The van der Waals surface area contributed by atoms with Gasteiger partial charge in [-0.15, -0.1) is 0 Å². The van der Waals surface area contributed by atoms with Crippen LogP contribution in [0.5, 0.6) is 0 Å². The zero-order valence-electron chi connectivity index (χ0n) is 7.47. The first-order valence-corrected chi connectivity index (χ1v) is 3.52. The van der Waals surface area contributed by atoms with Gasteiger partial charge in [0, 0.05) is 14.1 Å². The fraction of sp³-hybridized carbons (Fsp3) is 0.857. The predicted molar refractivity (Wildman–Crippen MR) is 42.1 cm³/mol. The molecule has 0 atom stereocenters. The molecule has 0 saturated carbocycles. The SMILES string of the molecule is CC.CCOC(=O)N(C)C. The van der Waals surface area contributed by atoms with Crippen molar-refractivity contribution in [1.29, 1.82) is 0 Å². The van der Waals surface area contributed by atoms with Gasteiger partial charge in [0.2, 0.25) is 0 Å². The first kappa shape index (κ1) is 12.0. The Morgan fingerprint density at radius 2 is 1.80 bits per heavy atom. The van der Waals surface area contributed by atoms with E-state index in [1.807, 2.05) is 13.8 Å². The summed E-state index contributed by atoms with van der Waals surface area (Å²) in [7, 11) is 3.30. The van der Waals surface area contributed by atoms with E-state index in [1.165, 1.54) is 4.90 Å². The zero-order chi connectivity index (χ0) is 8.57. The van der Waals surface area contributed by atoms with Gasteiger partial charge in [-0.25, -0.2) is 4.79 Å². The van der Waals surface area contributed by atoms with Crippen molar-refractivity contribution in [2.24, 2.45) is 0 Å². The molecule has 0 aliphatic rings. The van der Waals surface area contributed by atoms with Crippen LogP contribution in [-0.4, -0.2) is 31.7 Å². The lowest BCUT2D eigenvalue weighted by molar-refractivity contribution is 0.124. The van der Waals surface area contributed by atoms with Crippen LogP contribution in [0.25, 0.3) is 0 Å². The van der Waals surface area contributed by atoms with Gasteiger partial charge in [0.25, 0.3) is 0 Å². The van der Waals surface area contributed by atoms with Gasteiger partial charge < -0.3 is 9.64 Å². The van der Waals surface area contributed by atoms with Crippen molar-refractivity contribution in [2.45, 2.75) is 20.8 Å². The Bertz CT molecular complexity index is 81.7. The van der Waals surface area contributed by atoms with Crippen LogP contribution < -0.4 is 0 Å². The average Bonchev–Trinajstić information content (AvgIpc) is 1.93. The molecule has 3 heteroatoms. The Labute approximate surface area is 63.0 Å². The molecule has 1 amide bonds. The summed E-state index contributed by atoms with van der Waals surface area (Å²) in [4.78, 5) is 11.8. The molecule has 3 nitrogen and oxygen atoms in total. The summed E-state index contributed by atoms with van der Waals surface area (Å²) in [6, 6.07) is 0. The van der Waals surface area contributed by atoms with Gasteiger partial charge in [0.15, 0.2) is 0 Å². The van der Waals surface area contributed by atoms with E-state index in [0.717, 1.165) is 0 Å². The van der Waals surface area contributed by atoms with Crippen LogP contribution in [0.2, 0.25) is 0 Å². The lowest BCUT2D eigenvalue weighted by Gasteiger charge is -2.07. The van der Waals surface area contributed by atoms with E-state index in [9.17, 15) is 4.79 Å². The maximum absolute atomic E-state index is 10.4. The van der Waals surface area contributed by atoms with Gasteiger partial charge in [0.05, 0.1) is 6.61 Å². The van der Waals surface area contributed by atoms with E-state index >= 15 is 0 Å². The quantitative estimate of drug-likeness (QED) is 0.565. The molecule has 0 spiro atoms. The van der Waals surface area contributed by atoms with Crippen LogP contribution in [0.4, 0.5) is 4.79 Å². The Kier molecular flexibility index (Phi) is 9.92. The highest BCUT2D eigenvalue weighted by molar-refractivity contribution is 5.66. The Balaban J connectivity index is 0. The summed E-state index contributed by atoms with van der Waals surface area (Å²) in [5, 5.41) is 0. The number of nitrogens with zero attached hydrogens (tertiary/aromatic N) is 1. The van der Waals surface area contributed by atoms with Crippen molar-refractivity contribution in [3.8, 4) is 0 Å². The summed E-state index contributed by atoms with van der Waals surface area (Å²) >= 11 is 0. The topological polar surface area (TPSA) is 29.5 Å². The molecule has 0 bridgehead atoms. The molecule has 0 aliphatic heterocycles. The second-order valence-electron chi connectivity index (χ2n) is 1.59. The molecule has 0 aromatic carbocycles. The van der Waals surface area contributed by atoms with Crippen LogP contribution in [0, 0.1) is 0 Å². The lowest BCUT2D eigenvalue weighted by Crippen LogP contribution is -2.22. The molecule has 0 radical (unpaired) electrons. The summed E-state index contributed by atoms with van der Waals surface area (Å²) in [5.41, 5.74) is 0. The molecular formula is C7H17NO2. The van der Waals surface area contributed by atoms with Crippen LogP contribution in [0.15, 0.2) is 0 Å². The van der Waals surface area contributed by atoms with E-state index in [2.05, 4.69) is 4.74 Å². The molecule has 0 N–H and O–H groups in total. The minimum absolute atomic E-state index is 0.285. The van der Waals surface area contributed by atoms with E-state index in [0.29, 0.717) is 6.61 Å². The number of hydrogen-bond donors (Lipinski definition) is 0. The Hall–Kier alpha value is -0.730. The number of amides is 1. The fourth-order valence-corrected chi connectivity index (χ4v) is 0.253. The highest BCUT2D eigenvalue weighted by Crippen LogP contribution is 1.82. The minimum atomic E-state index is -0.285. The number of ether oxygens (including phenoxy) is 1. The van der Waals surface area contributed by atoms with Crippen LogP contribution in [-0.2, 0) is 4.74 Å². The van der Waals surface area contributed by atoms with Gasteiger partial charge in [-0.2, -0.15) is 0 Å². The third kappa shape index (κ3) is 7.27. The molecule has 0 saturated heterocycles. The van der Waals surface area contributed by atoms with Gasteiger partial charge in [-0.3, -0.25) is 0 Å². The van der Waals surface area contributed by atoms with Crippen LogP contribution in [0.3, 0.4) is 0 Å². The molecule has 0 unspecified atom stereocenters. The van der Waals surface area contributed by atoms with Gasteiger partial charge in [0.1, 0.15) is 0 Å². The molecule has 62 valence electrons. The van der Waals surface area contributed by atoms with Crippen molar-refractivity contribution >= 4 is 6.09 Å². The summed E-state index contributed by atoms with van der Waals surface area (Å²) in [6.45, 7) is 6.22. The molecule has 0 aromatic rings. The minimum Gasteiger partial charge on any atom is -0.450 e. The largest absolute Gasteiger partial charge is 0.450 e. The molecule has 10 heavy (non-hydrogen) atoms. The first-order valence-electron chi connectivity index (χ1n) is 3.52. The van der Waals surface area contributed by atoms with Crippen molar-refractivity contribution in [2.75, 3.05) is 20.7 Å². The summed E-state index contributed by atoms with van der Waals surface area (Å²) in [6.07, 6.45) is -0.285. The Morgan fingerprint density at radius 3 is 1.90 bits per heavy atom. The van der Waals surface area contributed by atoms with Crippen molar-refractivity contribution in [3.05, 3.63) is 0 Å². The predicted octanol–water partition coefficient (Wildman–Crippen LogP) is 1.73. The normalized spacial score (nSPS) is 7.30. The molecular weight excluding hydrogens is 130 g/mol. The van der Waals surface area contributed by atoms with E-state index in [4.69, 9.17) is 0 Å². The lowest BCUT2D eigenvalue weighted by atomic mass is 10.8. The van der Waals surface area contributed by atoms with Crippen molar-refractivity contribution in [1.82, 2.24) is 4.90 Å². The summed E-state index contributed by atoms with van der Waals surface area (Å²) in [5.74, 6) is 0. The maximum Gasteiger partial charge on any atom is 0.409 e. The third-order valence-corrected chi connectivity index (χ3v) is 0.633. The fourth-order valence-electron chi connectivity index (χ4n) is 0.253. The molecule has 0 aromatic heterocycles. The molecule has 0 fully saturated rings. The average molecular weight is 147 g/mol. The second kappa shape index (κ2) is 8.27. The first-order chi connectivity index (χ1) is 4.68. The van der Waals surface area contributed by atoms with E-state index in [-0.39, 0.29) is 6.09 Å². The molecule has 0 rings (SSSR count). The number of carbonyl (C=O) groups is 1. The standard InChI is InChI=1S/C5H11NO2.C2H6/c1-4-8-5(7)6(2)3;1-2/h4H2,1-3H3;1-2H3. The van der Waals surface area contributed by atoms with Crippen LogP contribution >= 0.6 is 0 Å². The number of carbonyl (C=O) groups excluding carboxylic acids is 1. The zero-order valence-corrected chi connectivity index (χ0v) is 7.47. The monoisotopic (exact) mass is 147 g/mol.